The Morgan fingerprint density at radius 2 is 1.83 bits per heavy atom. The predicted molar refractivity (Wildman–Crippen MR) is 129 cm³/mol. The van der Waals surface area contributed by atoms with E-state index in [0.29, 0.717) is 37.6 Å². The summed E-state index contributed by atoms with van der Waals surface area (Å²) in [5.74, 6) is 1.49. The van der Waals surface area contributed by atoms with E-state index in [4.69, 9.17) is 14.0 Å². The van der Waals surface area contributed by atoms with Crippen LogP contribution in [0.3, 0.4) is 0 Å². The van der Waals surface area contributed by atoms with Crippen LogP contribution in [0.5, 0.6) is 5.75 Å². The number of hydrogen-bond donors (Lipinski definition) is 0. The second-order valence-corrected chi connectivity index (χ2v) is 10.0. The SMILES string of the molecule is COC(=O)C1(C=O)CCN(Cc2ccc(-c3noc(-c4ccc5c(c4)CC(C)(C)O5)n3)cc2)CC1. The quantitative estimate of drug-likeness (QED) is 0.299. The summed E-state index contributed by atoms with van der Waals surface area (Å²) in [7, 11) is 1.33. The number of esters is 1. The van der Waals surface area contributed by atoms with Gasteiger partial charge >= 0.3 is 5.97 Å². The van der Waals surface area contributed by atoms with Crippen molar-refractivity contribution in [2.24, 2.45) is 5.41 Å². The number of aromatic nitrogens is 2. The molecule has 0 radical (unpaired) electrons. The Bertz CT molecular complexity index is 1240. The Balaban J connectivity index is 1.23. The number of aldehydes is 1. The number of ether oxygens (including phenoxy) is 2. The van der Waals surface area contributed by atoms with Crippen LogP contribution in [-0.2, 0) is 27.3 Å². The highest BCUT2D eigenvalue weighted by Crippen LogP contribution is 2.37. The fourth-order valence-corrected chi connectivity index (χ4v) is 4.90. The smallest absolute Gasteiger partial charge is 0.319 e. The molecule has 2 aliphatic rings. The first-order valence-electron chi connectivity index (χ1n) is 11.8. The number of likely N-dealkylation sites (tertiary alicyclic amines) is 1. The molecule has 2 aromatic carbocycles. The van der Waals surface area contributed by atoms with Gasteiger partial charge in [-0.15, -0.1) is 0 Å². The lowest BCUT2D eigenvalue weighted by Crippen LogP contribution is -2.45. The van der Waals surface area contributed by atoms with E-state index in [1.807, 2.05) is 36.4 Å². The average Bonchev–Trinajstić information content (AvgIpc) is 3.47. The van der Waals surface area contributed by atoms with E-state index < -0.39 is 11.4 Å². The van der Waals surface area contributed by atoms with E-state index in [0.717, 1.165) is 47.3 Å². The predicted octanol–water partition coefficient (Wildman–Crippen LogP) is 4.07. The number of carbonyl (C=O) groups excluding carboxylic acids is 2. The Morgan fingerprint density at radius 3 is 2.51 bits per heavy atom. The highest BCUT2D eigenvalue weighted by atomic mass is 16.5. The Labute approximate surface area is 204 Å². The molecule has 182 valence electrons. The van der Waals surface area contributed by atoms with Gasteiger partial charge < -0.3 is 18.8 Å². The molecule has 0 N–H and O–H groups in total. The summed E-state index contributed by atoms with van der Waals surface area (Å²) in [6.07, 6.45) is 2.54. The lowest BCUT2D eigenvalue weighted by Gasteiger charge is -2.36. The van der Waals surface area contributed by atoms with Gasteiger partial charge in [0.1, 0.15) is 23.1 Å². The van der Waals surface area contributed by atoms with Crippen LogP contribution in [0.2, 0.25) is 0 Å². The summed E-state index contributed by atoms with van der Waals surface area (Å²) in [6.45, 7) is 6.21. The molecule has 2 aliphatic heterocycles. The summed E-state index contributed by atoms with van der Waals surface area (Å²) in [4.78, 5) is 30.4. The van der Waals surface area contributed by atoms with Gasteiger partial charge in [-0.05, 0) is 56.0 Å². The standard InChI is InChI=1S/C27H29N3O5/c1-26(2)15-21-14-20(8-9-22(21)34-26)24-28-23(29-35-24)19-6-4-18(5-7-19)16-30-12-10-27(17-31,11-13-30)25(32)33-3/h4-9,14,17H,10-13,15-16H2,1-3H3. The Kier molecular flexibility index (Phi) is 5.92. The number of rotatable bonds is 6. The number of nitrogens with zero attached hydrogens (tertiary/aromatic N) is 3. The van der Waals surface area contributed by atoms with Gasteiger partial charge in [0.05, 0.1) is 7.11 Å². The monoisotopic (exact) mass is 475 g/mol. The molecule has 3 heterocycles. The zero-order valence-electron chi connectivity index (χ0n) is 20.2. The van der Waals surface area contributed by atoms with Gasteiger partial charge in [-0.25, -0.2) is 0 Å². The maximum Gasteiger partial charge on any atom is 0.319 e. The minimum Gasteiger partial charge on any atom is -0.487 e. The average molecular weight is 476 g/mol. The van der Waals surface area contributed by atoms with Crippen molar-refractivity contribution in [2.75, 3.05) is 20.2 Å². The Hall–Kier alpha value is -3.52. The topological polar surface area (TPSA) is 94.8 Å². The summed E-state index contributed by atoms with van der Waals surface area (Å²) in [5, 5.41) is 4.18. The zero-order chi connectivity index (χ0) is 24.6. The summed E-state index contributed by atoms with van der Waals surface area (Å²) in [5.41, 5.74) is 2.83. The number of piperidine rings is 1. The molecule has 3 aromatic rings. The second-order valence-electron chi connectivity index (χ2n) is 10.0. The third-order valence-electron chi connectivity index (χ3n) is 6.92. The number of fused-ring (bicyclic) bond motifs is 1. The molecule has 0 bridgehead atoms. The molecule has 8 heteroatoms. The molecule has 0 atom stereocenters. The fourth-order valence-electron chi connectivity index (χ4n) is 4.90. The fraction of sp³-hybridized carbons (Fsp3) is 0.407. The van der Waals surface area contributed by atoms with E-state index in [-0.39, 0.29) is 5.60 Å². The molecule has 1 aromatic heterocycles. The van der Waals surface area contributed by atoms with E-state index in [1.165, 1.54) is 7.11 Å². The molecule has 0 spiro atoms. The maximum atomic E-state index is 12.0. The lowest BCUT2D eigenvalue weighted by molar-refractivity contribution is -0.157. The van der Waals surface area contributed by atoms with Gasteiger partial charge in [0.15, 0.2) is 0 Å². The van der Waals surface area contributed by atoms with E-state index in [9.17, 15) is 9.59 Å². The summed E-state index contributed by atoms with van der Waals surface area (Å²) >= 11 is 0. The zero-order valence-corrected chi connectivity index (χ0v) is 20.2. The van der Waals surface area contributed by atoms with Gasteiger partial charge in [-0.1, -0.05) is 29.4 Å². The molecule has 1 saturated heterocycles. The van der Waals surface area contributed by atoms with Crippen LogP contribution in [0.15, 0.2) is 47.0 Å². The molecule has 0 aliphatic carbocycles. The largest absolute Gasteiger partial charge is 0.487 e. The molecular weight excluding hydrogens is 446 g/mol. The van der Waals surface area contributed by atoms with Crippen LogP contribution in [0.25, 0.3) is 22.8 Å². The van der Waals surface area contributed by atoms with Crippen LogP contribution < -0.4 is 4.74 Å². The van der Waals surface area contributed by atoms with E-state index in [2.05, 4.69) is 35.0 Å². The minimum atomic E-state index is -1.01. The summed E-state index contributed by atoms with van der Waals surface area (Å²) in [6, 6.07) is 14.0. The second kappa shape index (κ2) is 8.92. The number of hydrogen-bond acceptors (Lipinski definition) is 8. The van der Waals surface area contributed by atoms with Gasteiger partial charge in [0.25, 0.3) is 5.89 Å². The van der Waals surface area contributed by atoms with Crippen molar-refractivity contribution in [3.05, 3.63) is 53.6 Å². The van der Waals surface area contributed by atoms with E-state index in [1.54, 1.807) is 0 Å². The minimum absolute atomic E-state index is 0.199. The maximum absolute atomic E-state index is 12.0. The molecule has 5 rings (SSSR count). The number of methoxy groups -OCH3 is 1. The molecule has 35 heavy (non-hydrogen) atoms. The van der Waals surface area contributed by atoms with Crippen LogP contribution in [0, 0.1) is 5.41 Å². The van der Waals surface area contributed by atoms with Gasteiger partial charge in [-0.3, -0.25) is 9.69 Å². The van der Waals surface area contributed by atoms with Crippen LogP contribution in [0.1, 0.15) is 37.8 Å². The van der Waals surface area contributed by atoms with Crippen molar-refractivity contribution in [1.29, 1.82) is 0 Å². The van der Waals surface area contributed by atoms with Crippen LogP contribution >= 0.6 is 0 Å². The highest BCUT2D eigenvalue weighted by Gasteiger charge is 2.42. The van der Waals surface area contributed by atoms with Crippen molar-refractivity contribution in [1.82, 2.24) is 15.0 Å². The summed E-state index contributed by atoms with van der Waals surface area (Å²) < 4.78 is 16.3. The van der Waals surface area contributed by atoms with E-state index >= 15 is 0 Å². The van der Waals surface area contributed by atoms with Crippen LogP contribution in [0.4, 0.5) is 0 Å². The number of benzene rings is 2. The van der Waals surface area contributed by atoms with Crippen LogP contribution in [-0.4, -0.2) is 53.1 Å². The van der Waals surface area contributed by atoms with Gasteiger partial charge in [0.2, 0.25) is 5.82 Å². The highest BCUT2D eigenvalue weighted by molar-refractivity contribution is 5.93. The van der Waals surface area contributed by atoms with Crippen molar-refractivity contribution in [3.63, 3.8) is 0 Å². The third kappa shape index (κ3) is 4.58. The van der Waals surface area contributed by atoms with Crippen molar-refractivity contribution in [3.8, 4) is 28.6 Å². The third-order valence-corrected chi connectivity index (χ3v) is 6.92. The molecule has 8 nitrogen and oxygen atoms in total. The normalized spacial score (nSPS) is 18.5. The lowest BCUT2D eigenvalue weighted by atomic mass is 9.80. The first kappa shape index (κ1) is 23.2. The molecule has 0 saturated carbocycles. The Morgan fingerprint density at radius 1 is 1.11 bits per heavy atom. The first-order chi connectivity index (χ1) is 16.8. The molecule has 0 amide bonds. The van der Waals surface area contributed by atoms with Crippen molar-refractivity contribution >= 4 is 12.3 Å². The molecule has 1 fully saturated rings. The van der Waals surface area contributed by atoms with Gasteiger partial charge in [-0.2, -0.15) is 4.98 Å². The molecule has 0 unspecified atom stereocenters. The van der Waals surface area contributed by atoms with Gasteiger partial charge in [0, 0.05) is 37.2 Å². The van der Waals surface area contributed by atoms with Crippen molar-refractivity contribution < 1.29 is 23.6 Å². The first-order valence-corrected chi connectivity index (χ1v) is 11.8. The number of carbonyl (C=O) groups is 2. The molecular formula is C27H29N3O5. The van der Waals surface area contributed by atoms with Crippen molar-refractivity contribution in [2.45, 2.75) is 45.3 Å².